The molecule has 1 saturated heterocycles. The van der Waals surface area contributed by atoms with Crippen LogP contribution in [0.4, 0.5) is 8.78 Å². The maximum atomic E-state index is 13.3. The van der Waals surface area contributed by atoms with Gasteiger partial charge in [-0.1, -0.05) is 31.2 Å². The van der Waals surface area contributed by atoms with E-state index in [2.05, 4.69) is 12.2 Å². The molecule has 0 aliphatic carbocycles. The van der Waals surface area contributed by atoms with Crippen molar-refractivity contribution in [1.82, 2.24) is 10.2 Å². The average molecular weight is 254 g/mol. The molecule has 1 aromatic carbocycles. The summed E-state index contributed by atoms with van der Waals surface area (Å²) >= 11 is 0. The van der Waals surface area contributed by atoms with E-state index in [4.69, 9.17) is 0 Å². The normalized spacial score (nSPS) is 19.1. The van der Waals surface area contributed by atoms with Crippen molar-refractivity contribution in [1.29, 1.82) is 0 Å². The van der Waals surface area contributed by atoms with E-state index in [0.717, 1.165) is 25.1 Å². The fourth-order valence-electron chi connectivity index (χ4n) is 2.43. The minimum absolute atomic E-state index is 0.685. The van der Waals surface area contributed by atoms with Crippen molar-refractivity contribution in [2.45, 2.75) is 25.8 Å². The molecule has 0 spiro atoms. The topological polar surface area (TPSA) is 15.3 Å². The molecule has 1 aliphatic heterocycles. The monoisotopic (exact) mass is 254 g/mol. The lowest BCUT2D eigenvalue weighted by Crippen LogP contribution is -2.46. The number of piperazine rings is 1. The smallest absolute Gasteiger partial charge is 0.258 e. The van der Waals surface area contributed by atoms with E-state index in [9.17, 15) is 8.78 Å². The summed E-state index contributed by atoms with van der Waals surface area (Å²) in [6.45, 7) is 5.01. The zero-order chi connectivity index (χ0) is 13.0. The van der Waals surface area contributed by atoms with Crippen LogP contribution in [-0.4, -0.2) is 37.5 Å². The first kappa shape index (κ1) is 13.4. The van der Waals surface area contributed by atoms with Crippen LogP contribution in [0.25, 0.3) is 0 Å². The van der Waals surface area contributed by atoms with Crippen LogP contribution in [-0.2, 0) is 6.42 Å². The Morgan fingerprint density at radius 3 is 2.28 bits per heavy atom. The summed E-state index contributed by atoms with van der Waals surface area (Å²) in [4.78, 5) is 1.88. The summed E-state index contributed by atoms with van der Waals surface area (Å²) in [5.74, 6) is 0. The molecule has 4 heteroatoms. The highest BCUT2D eigenvalue weighted by Crippen LogP contribution is 2.28. The van der Waals surface area contributed by atoms with Gasteiger partial charge in [0.1, 0.15) is 0 Å². The molecule has 1 N–H and O–H groups in total. The third-order valence-electron chi connectivity index (χ3n) is 3.51. The minimum Gasteiger partial charge on any atom is -0.314 e. The van der Waals surface area contributed by atoms with Crippen LogP contribution in [0.3, 0.4) is 0 Å². The van der Waals surface area contributed by atoms with Gasteiger partial charge in [0.25, 0.3) is 6.43 Å². The van der Waals surface area contributed by atoms with E-state index in [1.54, 1.807) is 0 Å². The first-order valence-corrected chi connectivity index (χ1v) is 6.54. The van der Waals surface area contributed by atoms with Gasteiger partial charge < -0.3 is 5.32 Å². The van der Waals surface area contributed by atoms with Crippen molar-refractivity contribution >= 4 is 0 Å². The van der Waals surface area contributed by atoms with Crippen LogP contribution in [0.2, 0.25) is 0 Å². The van der Waals surface area contributed by atoms with Gasteiger partial charge in [-0.3, -0.25) is 4.90 Å². The summed E-state index contributed by atoms with van der Waals surface area (Å²) in [5, 5.41) is 3.19. The molecule has 0 radical (unpaired) electrons. The van der Waals surface area contributed by atoms with Crippen LogP contribution in [0.15, 0.2) is 24.3 Å². The van der Waals surface area contributed by atoms with Crippen LogP contribution in [0.1, 0.15) is 24.1 Å². The molecule has 18 heavy (non-hydrogen) atoms. The Balaban J connectivity index is 2.17. The molecule has 0 bridgehead atoms. The van der Waals surface area contributed by atoms with E-state index in [0.29, 0.717) is 13.1 Å². The van der Waals surface area contributed by atoms with Crippen molar-refractivity contribution < 1.29 is 8.78 Å². The molecule has 0 unspecified atom stereocenters. The van der Waals surface area contributed by atoms with Gasteiger partial charge in [-0.05, 0) is 17.5 Å². The SMILES string of the molecule is CCc1ccc([C@@H](C(F)F)N2CCNCC2)cc1. The van der Waals surface area contributed by atoms with Gasteiger partial charge in [0, 0.05) is 26.2 Å². The first-order chi connectivity index (χ1) is 8.72. The largest absolute Gasteiger partial charge is 0.314 e. The molecule has 1 aliphatic rings. The fourth-order valence-corrected chi connectivity index (χ4v) is 2.43. The highest BCUT2D eigenvalue weighted by atomic mass is 19.3. The minimum atomic E-state index is -2.34. The van der Waals surface area contributed by atoms with Gasteiger partial charge in [0.05, 0.1) is 6.04 Å². The summed E-state index contributed by atoms with van der Waals surface area (Å²) in [6, 6.07) is 6.83. The molecule has 100 valence electrons. The molecule has 2 nitrogen and oxygen atoms in total. The molecular weight excluding hydrogens is 234 g/mol. The standard InChI is InChI=1S/C14H20F2N2/c1-2-11-3-5-12(6-4-11)13(14(15)16)18-9-7-17-8-10-18/h3-6,13-14,17H,2,7-10H2,1H3/t13-/m0/s1. The van der Waals surface area contributed by atoms with Crippen molar-refractivity contribution in [2.24, 2.45) is 0 Å². The van der Waals surface area contributed by atoms with Gasteiger partial charge >= 0.3 is 0 Å². The second kappa shape index (κ2) is 6.25. The van der Waals surface area contributed by atoms with E-state index in [1.165, 1.54) is 5.56 Å². The molecular formula is C14H20F2N2. The van der Waals surface area contributed by atoms with Crippen molar-refractivity contribution in [3.05, 3.63) is 35.4 Å². The number of alkyl halides is 2. The second-order valence-corrected chi connectivity index (χ2v) is 4.66. The number of benzene rings is 1. The third-order valence-corrected chi connectivity index (χ3v) is 3.51. The summed E-state index contributed by atoms with van der Waals surface area (Å²) in [7, 11) is 0. The number of hydrogen-bond donors (Lipinski definition) is 1. The Hall–Kier alpha value is -1.00. The Morgan fingerprint density at radius 1 is 1.17 bits per heavy atom. The number of halogens is 2. The van der Waals surface area contributed by atoms with Gasteiger partial charge in [-0.25, -0.2) is 8.78 Å². The van der Waals surface area contributed by atoms with E-state index in [-0.39, 0.29) is 0 Å². The zero-order valence-corrected chi connectivity index (χ0v) is 10.7. The molecule has 0 amide bonds. The lowest BCUT2D eigenvalue weighted by molar-refractivity contribution is 0.0182. The van der Waals surface area contributed by atoms with Crippen LogP contribution >= 0.6 is 0 Å². The molecule has 1 fully saturated rings. The van der Waals surface area contributed by atoms with Gasteiger partial charge in [0.15, 0.2) is 0 Å². The maximum Gasteiger partial charge on any atom is 0.258 e. The lowest BCUT2D eigenvalue weighted by Gasteiger charge is -2.34. The van der Waals surface area contributed by atoms with Crippen molar-refractivity contribution in [2.75, 3.05) is 26.2 Å². The molecule has 1 atom stereocenters. The van der Waals surface area contributed by atoms with E-state index >= 15 is 0 Å². The predicted octanol–water partition coefficient (Wildman–Crippen LogP) is 2.46. The number of nitrogens with one attached hydrogen (secondary N) is 1. The quantitative estimate of drug-likeness (QED) is 0.888. The zero-order valence-electron chi connectivity index (χ0n) is 10.7. The Labute approximate surface area is 107 Å². The van der Waals surface area contributed by atoms with Crippen molar-refractivity contribution in [3.8, 4) is 0 Å². The highest BCUT2D eigenvalue weighted by molar-refractivity contribution is 5.25. The molecule has 0 aromatic heterocycles. The Morgan fingerprint density at radius 2 is 1.78 bits per heavy atom. The van der Waals surface area contributed by atoms with Gasteiger partial charge in [-0.2, -0.15) is 0 Å². The lowest BCUT2D eigenvalue weighted by atomic mass is 10.0. The van der Waals surface area contributed by atoms with Crippen LogP contribution in [0, 0.1) is 0 Å². The Kier molecular flexibility index (Phi) is 4.66. The van der Waals surface area contributed by atoms with Gasteiger partial charge in [-0.15, -0.1) is 0 Å². The third kappa shape index (κ3) is 3.06. The number of hydrogen-bond acceptors (Lipinski definition) is 2. The number of nitrogens with zero attached hydrogens (tertiary/aromatic N) is 1. The number of aryl methyl sites for hydroxylation is 1. The highest BCUT2D eigenvalue weighted by Gasteiger charge is 2.29. The summed E-state index contributed by atoms with van der Waals surface area (Å²) in [5.41, 5.74) is 1.91. The van der Waals surface area contributed by atoms with Gasteiger partial charge in [0.2, 0.25) is 0 Å². The second-order valence-electron chi connectivity index (χ2n) is 4.66. The fraction of sp³-hybridized carbons (Fsp3) is 0.571. The maximum absolute atomic E-state index is 13.3. The molecule has 2 rings (SSSR count). The molecule has 1 heterocycles. The van der Waals surface area contributed by atoms with Crippen LogP contribution in [0.5, 0.6) is 0 Å². The summed E-state index contributed by atoms with van der Waals surface area (Å²) in [6.07, 6.45) is -1.40. The van der Waals surface area contributed by atoms with Crippen LogP contribution < -0.4 is 5.32 Å². The van der Waals surface area contributed by atoms with Crippen molar-refractivity contribution in [3.63, 3.8) is 0 Å². The molecule has 1 aromatic rings. The average Bonchev–Trinajstić information content (AvgIpc) is 2.40. The van der Waals surface area contributed by atoms with E-state index in [1.807, 2.05) is 29.2 Å². The predicted molar refractivity (Wildman–Crippen MR) is 69.0 cm³/mol. The molecule has 0 saturated carbocycles. The summed E-state index contributed by atoms with van der Waals surface area (Å²) < 4.78 is 26.6. The Bertz CT molecular complexity index is 359. The first-order valence-electron chi connectivity index (χ1n) is 6.54. The van der Waals surface area contributed by atoms with E-state index < -0.39 is 12.5 Å². The number of rotatable bonds is 4.